The van der Waals surface area contributed by atoms with Gasteiger partial charge in [-0.3, -0.25) is 9.11 Å². The van der Waals surface area contributed by atoms with Crippen LogP contribution in [0.5, 0.6) is 0 Å². The molecule has 0 spiro atoms. The van der Waals surface area contributed by atoms with Gasteiger partial charge in [0.1, 0.15) is 5.75 Å². The second-order valence-electron chi connectivity index (χ2n) is 2.71. The summed E-state index contributed by atoms with van der Waals surface area (Å²) in [5, 5.41) is 8.84. The number of hydrogen-bond acceptors (Lipinski definition) is 6. The first-order valence-electron chi connectivity index (χ1n) is 3.80. The van der Waals surface area contributed by atoms with Crippen LogP contribution >= 0.6 is 0 Å². The van der Waals surface area contributed by atoms with E-state index in [-0.39, 0.29) is 13.0 Å². The predicted molar refractivity (Wildman–Crippen MR) is 49.4 cm³/mol. The minimum Gasteiger partial charge on any atom is -0.367 e. The van der Waals surface area contributed by atoms with Gasteiger partial charge in [0.25, 0.3) is 20.2 Å². The lowest BCUT2D eigenvalue weighted by Gasteiger charge is -2.09. The molecule has 0 bridgehead atoms. The fourth-order valence-corrected chi connectivity index (χ4v) is 1.63. The van der Waals surface area contributed by atoms with E-state index in [1.54, 1.807) is 0 Å². The van der Waals surface area contributed by atoms with Gasteiger partial charge in [-0.05, 0) is 6.42 Å². The fourth-order valence-electron chi connectivity index (χ4n) is 0.689. The largest absolute Gasteiger partial charge is 0.367 e. The van der Waals surface area contributed by atoms with Crippen molar-refractivity contribution in [3.63, 3.8) is 0 Å². The number of rotatable bonds is 7. The van der Waals surface area contributed by atoms with E-state index in [0.717, 1.165) is 0 Å². The maximum absolute atomic E-state index is 10.2. The highest BCUT2D eigenvalue weighted by atomic mass is 32.2. The third-order valence-electron chi connectivity index (χ3n) is 1.21. The minimum atomic E-state index is -4.33. The van der Waals surface area contributed by atoms with E-state index >= 15 is 0 Å². The average molecular weight is 264 g/mol. The summed E-state index contributed by atoms with van der Waals surface area (Å²) in [7, 11) is -8.42. The van der Waals surface area contributed by atoms with Gasteiger partial charge in [0, 0.05) is 0 Å². The number of aliphatic hydroxyl groups excluding tert-OH is 1. The molecule has 0 aromatic rings. The quantitative estimate of drug-likeness (QED) is 0.286. The summed E-state index contributed by atoms with van der Waals surface area (Å²) in [5.74, 6) is -1.54. The topological polar surface area (TPSA) is 138 Å². The first kappa shape index (κ1) is 14.7. The van der Waals surface area contributed by atoms with Crippen LogP contribution in [-0.2, 0) is 25.0 Å². The van der Waals surface area contributed by atoms with Gasteiger partial charge in [-0.1, -0.05) is 0 Å². The van der Waals surface area contributed by atoms with Crippen LogP contribution in [0.15, 0.2) is 0 Å². The molecule has 92 valence electrons. The van der Waals surface area contributed by atoms with Crippen LogP contribution in [0.25, 0.3) is 0 Å². The number of aliphatic hydroxyl groups is 1. The van der Waals surface area contributed by atoms with E-state index in [4.69, 9.17) is 14.2 Å². The molecule has 0 rings (SSSR count). The Morgan fingerprint density at radius 3 is 2.00 bits per heavy atom. The molecule has 0 fully saturated rings. The van der Waals surface area contributed by atoms with Crippen molar-refractivity contribution in [2.75, 3.05) is 18.1 Å². The van der Waals surface area contributed by atoms with Gasteiger partial charge in [-0.25, -0.2) is 0 Å². The Hall–Kier alpha value is -0.260. The maximum atomic E-state index is 10.2. The van der Waals surface area contributed by atoms with Crippen LogP contribution in [0.4, 0.5) is 0 Å². The van der Waals surface area contributed by atoms with Crippen LogP contribution in [0, 0.1) is 0 Å². The molecule has 0 aromatic carbocycles. The lowest BCUT2D eigenvalue weighted by Crippen LogP contribution is -2.24. The Bertz CT molecular complexity index is 368. The Morgan fingerprint density at radius 2 is 1.60 bits per heavy atom. The summed E-state index contributed by atoms with van der Waals surface area (Å²) >= 11 is 0. The Kier molecular flexibility index (Phi) is 5.62. The maximum Gasteiger partial charge on any atom is 0.269 e. The molecule has 0 aliphatic carbocycles. The molecule has 0 amide bonds. The summed E-state index contributed by atoms with van der Waals surface area (Å²) in [6.07, 6.45) is -1.82. The molecule has 0 radical (unpaired) electrons. The standard InChI is InChI=1S/C5H12O8S2/c6-5(4-15(10,11)12)13-2-1-3-14(7,8)9/h5-6H,1-4H2,(H,7,8,9)(H,10,11,12). The van der Waals surface area contributed by atoms with E-state index in [9.17, 15) is 16.8 Å². The second kappa shape index (κ2) is 5.72. The highest BCUT2D eigenvalue weighted by Crippen LogP contribution is 1.96. The molecule has 0 saturated carbocycles. The van der Waals surface area contributed by atoms with Crippen molar-refractivity contribution in [1.29, 1.82) is 0 Å². The van der Waals surface area contributed by atoms with E-state index < -0.39 is 38.0 Å². The van der Waals surface area contributed by atoms with Crippen LogP contribution in [0.3, 0.4) is 0 Å². The number of hydrogen-bond donors (Lipinski definition) is 3. The molecular formula is C5H12O8S2. The third-order valence-corrected chi connectivity index (χ3v) is 2.72. The predicted octanol–water partition coefficient (Wildman–Crippen LogP) is -1.51. The van der Waals surface area contributed by atoms with Crippen LogP contribution in [0.2, 0.25) is 0 Å². The Morgan fingerprint density at radius 1 is 1.07 bits per heavy atom. The van der Waals surface area contributed by atoms with Gasteiger partial charge in [-0.2, -0.15) is 16.8 Å². The number of ether oxygens (including phenoxy) is 1. The molecule has 3 N–H and O–H groups in total. The molecule has 10 heteroatoms. The Labute approximate surface area is 87.4 Å². The van der Waals surface area contributed by atoms with Gasteiger partial charge in [0.2, 0.25) is 0 Å². The third kappa shape index (κ3) is 11.7. The summed E-state index contributed by atoms with van der Waals surface area (Å²) < 4.78 is 61.9. The molecule has 0 saturated heterocycles. The zero-order chi connectivity index (χ0) is 12.1. The highest BCUT2D eigenvalue weighted by Gasteiger charge is 2.14. The van der Waals surface area contributed by atoms with E-state index in [1.807, 2.05) is 0 Å². The van der Waals surface area contributed by atoms with Crippen molar-refractivity contribution < 1.29 is 35.8 Å². The smallest absolute Gasteiger partial charge is 0.269 e. The molecule has 0 aliphatic heterocycles. The second-order valence-corrected chi connectivity index (χ2v) is 5.78. The van der Waals surface area contributed by atoms with Crippen molar-refractivity contribution in [1.82, 2.24) is 0 Å². The normalized spacial score (nSPS) is 15.1. The van der Waals surface area contributed by atoms with Gasteiger partial charge >= 0.3 is 0 Å². The monoisotopic (exact) mass is 264 g/mol. The molecule has 0 aliphatic rings. The summed E-state index contributed by atoms with van der Waals surface area (Å²) in [5.41, 5.74) is 0. The van der Waals surface area contributed by atoms with Gasteiger partial charge in [0.15, 0.2) is 6.29 Å². The zero-order valence-electron chi connectivity index (χ0n) is 7.61. The molecular weight excluding hydrogens is 252 g/mol. The molecule has 1 atom stereocenters. The molecule has 15 heavy (non-hydrogen) atoms. The van der Waals surface area contributed by atoms with Crippen LogP contribution < -0.4 is 0 Å². The molecule has 1 unspecified atom stereocenters. The van der Waals surface area contributed by atoms with Gasteiger partial charge in [0.05, 0.1) is 12.4 Å². The SMILES string of the molecule is O=S(=O)(O)CCCOC(O)CS(=O)(=O)O. The van der Waals surface area contributed by atoms with Crippen molar-refractivity contribution in [3.8, 4) is 0 Å². The van der Waals surface area contributed by atoms with Crippen LogP contribution in [0.1, 0.15) is 6.42 Å². The Balaban J connectivity index is 3.70. The van der Waals surface area contributed by atoms with Gasteiger partial charge in [-0.15, -0.1) is 0 Å². The summed E-state index contributed by atoms with van der Waals surface area (Å²) in [6.45, 7) is -0.253. The summed E-state index contributed by atoms with van der Waals surface area (Å²) in [6, 6.07) is 0. The van der Waals surface area contributed by atoms with Crippen molar-refractivity contribution >= 4 is 20.2 Å². The van der Waals surface area contributed by atoms with Crippen molar-refractivity contribution in [2.24, 2.45) is 0 Å². The lowest BCUT2D eigenvalue weighted by molar-refractivity contribution is -0.0826. The average Bonchev–Trinajstić information content (AvgIpc) is 1.92. The van der Waals surface area contributed by atoms with E-state index in [2.05, 4.69) is 4.74 Å². The van der Waals surface area contributed by atoms with Gasteiger partial charge < -0.3 is 9.84 Å². The first-order valence-corrected chi connectivity index (χ1v) is 7.02. The highest BCUT2D eigenvalue weighted by molar-refractivity contribution is 7.86. The first-order chi connectivity index (χ1) is 6.60. The van der Waals surface area contributed by atoms with Crippen molar-refractivity contribution in [2.45, 2.75) is 12.7 Å². The van der Waals surface area contributed by atoms with E-state index in [1.165, 1.54) is 0 Å². The minimum absolute atomic E-state index is 0.0959. The van der Waals surface area contributed by atoms with E-state index in [0.29, 0.717) is 0 Å². The fraction of sp³-hybridized carbons (Fsp3) is 1.00. The zero-order valence-corrected chi connectivity index (χ0v) is 9.24. The molecule has 0 heterocycles. The molecule has 0 aromatic heterocycles. The summed E-state index contributed by atoms with van der Waals surface area (Å²) in [4.78, 5) is 0. The lowest BCUT2D eigenvalue weighted by atomic mass is 10.5. The van der Waals surface area contributed by atoms with Crippen LogP contribution in [-0.4, -0.2) is 55.5 Å². The molecule has 8 nitrogen and oxygen atoms in total. The van der Waals surface area contributed by atoms with Crippen molar-refractivity contribution in [3.05, 3.63) is 0 Å².